The Morgan fingerprint density at radius 2 is 1.65 bits per heavy atom. The summed E-state index contributed by atoms with van der Waals surface area (Å²) in [5.74, 6) is 0.817. The Morgan fingerprint density at radius 3 is 2.38 bits per heavy atom. The fourth-order valence-corrected chi connectivity index (χ4v) is 3.85. The van der Waals surface area contributed by atoms with Crippen LogP contribution in [-0.2, 0) is 13.1 Å². The third kappa shape index (κ3) is 4.71. The highest BCUT2D eigenvalue weighted by Crippen LogP contribution is 2.33. The number of hydrogen-bond acceptors (Lipinski definition) is 4. The molecule has 0 aliphatic carbocycles. The molecule has 7 nitrogen and oxygen atoms in total. The first-order chi connectivity index (χ1) is 16.5. The Balaban J connectivity index is 1.45. The quantitative estimate of drug-likeness (QED) is 0.454. The Bertz CT molecular complexity index is 1390. The predicted octanol–water partition coefficient (Wildman–Crippen LogP) is 4.67. The number of aromatic nitrogens is 1. The summed E-state index contributed by atoms with van der Waals surface area (Å²) in [7, 11) is 0. The van der Waals surface area contributed by atoms with Crippen LogP contribution in [0.25, 0.3) is 10.9 Å². The minimum Gasteiger partial charge on any atom is -0.486 e. The van der Waals surface area contributed by atoms with Crippen LogP contribution in [0.3, 0.4) is 0 Å². The zero-order chi connectivity index (χ0) is 23.5. The lowest BCUT2D eigenvalue weighted by molar-refractivity contribution is 0.172. The van der Waals surface area contributed by atoms with E-state index in [-0.39, 0.29) is 18.6 Å². The summed E-state index contributed by atoms with van der Waals surface area (Å²) >= 11 is 0. The largest absolute Gasteiger partial charge is 0.486 e. The Labute approximate surface area is 194 Å². The number of urea groups is 1. The SMILES string of the molecule is O=C(Nc1ccc(F)cc1)N(Cc1ccccc1)Cc1cc2cc3c(cc2[nH]c1=O)OCCO3. The first-order valence-corrected chi connectivity index (χ1v) is 10.9. The van der Waals surface area contributed by atoms with Gasteiger partial charge >= 0.3 is 6.03 Å². The normalized spacial score (nSPS) is 12.4. The molecule has 8 heteroatoms. The zero-order valence-electron chi connectivity index (χ0n) is 18.2. The number of fused-ring (bicyclic) bond motifs is 2. The van der Waals surface area contributed by atoms with Gasteiger partial charge in [-0.15, -0.1) is 0 Å². The van der Waals surface area contributed by atoms with Crippen molar-refractivity contribution in [3.63, 3.8) is 0 Å². The number of anilines is 1. The van der Waals surface area contributed by atoms with E-state index in [0.717, 1.165) is 10.9 Å². The standard InChI is InChI=1S/C26H22FN3O4/c27-20-6-8-21(9-7-20)28-26(32)30(15-17-4-2-1-3-5-17)16-19-12-18-13-23-24(34-11-10-33-23)14-22(18)29-25(19)31/h1-9,12-14H,10-11,15-16H2,(H,28,32)(H,29,31). The molecule has 0 saturated carbocycles. The van der Waals surface area contributed by atoms with Gasteiger partial charge in [0.05, 0.1) is 12.1 Å². The van der Waals surface area contributed by atoms with E-state index in [9.17, 15) is 14.0 Å². The minimum atomic E-state index is -0.405. The number of pyridine rings is 1. The molecule has 0 fully saturated rings. The summed E-state index contributed by atoms with van der Waals surface area (Å²) < 4.78 is 24.5. The van der Waals surface area contributed by atoms with Crippen molar-refractivity contribution in [1.29, 1.82) is 0 Å². The van der Waals surface area contributed by atoms with Gasteiger partial charge in [-0.05, 0) is 42.0 Å². The van der Waals surface area contributed by atoms with Gasteiger partial charge in [0.15, 0.2) is 11.5 Å². The summed E-state index contributed by atoms with van der Waals surface area (Å²) in [6.07, 6.45) is 0. The Morgan fingerprint density at radius 1 is 0.941 bits per heavy atom. The second kappa shape index (κ2) is 9.27. The van der Waals surface area contributed by atoms with Crippen LogP contribution in [0.5, 0.6) is 11.5 Å². The lowest BCUT2D eigenvalue weighted by atomic mass is 10.1. The molecule has 1 aromatic heterocycles. The molecule has 2 amide bonds. The number of carbonyl (C=O) groups is 1. The van der Waals surface area contributed by atoms with Crippen molar-refractivity contribution in [1.82, 2.24) is 9.88 Å². The number of hydrogen-bond donors (Lipinski definition) is 2. The summed E-state index contributed by atoms with van der Waals surface area (Å²) in [6.45, 7) is 1.27. The highest BCUT2D eigenvalue weighted by molar-refractivity contribution is 5.89. The molecule has 2 N–H and O–H groups in total. The van der Waals surface area contributed by atoms with Gasteiger partial charge in [-0.1, -0.05) is 30.3 Å². The maximum Gasteiger partial charge on any atom is 0.322 e. The summed E-state index contributed by atoms with van der Waals surface area (Å²) in [6, 6.07) is 19.9. The van der Waals surface area contributed by atoms with Crippen LogP contribution in [0.1, 0.15) is 11.1 Å². The van der Waals surface area contributed by atoms with Crippen LogP contribution in [0.4, 0.5) is 14.9 Å². The molecule has 0 radical (unpaired) electrons. The van der Waals surface area contributed by atoms with E-state index >= 15 is 0 Å². The van der Waals surface area contributed by atoms with Crippen molar-refractivity contribution in [3.8, 4) is 11.5 Å². The summed E-state index contributed by atoms with van der Waals surface area (Å²) in [5, 5.41) is 3.55. The third-order valence-corrected chi connectivity index (χ3v) is 5.54. The number of carbonyl (C=O) groups excluding carboxylic acids is 1. The lowest BCUT2D eigenvalue weighted by Gasteiger charge is -2.23. The number of halogens is 1. The molecular formula is C26H22FN3O4. The second-order valence-electron chi connectivity index (χ2n) is 7.99. The maximum atomic E-state index is 13.3. The van der Waals surface area contributed by atoms with Crippen molar-refractivity contribution < 1.29 is 18.7 Å². The molecule has 0 bridgehead atoms. The van der Waals surface area contributed by atoms with Crippen molar-refractivity contribution in [2.75, 3.05) is 18.5 Å². The average molecular weight is 459 g/mol. The van der Waals surface area contributed by atoms with Crippen LogP contribution >= 0.6 is 0 Å². The van der Waals surface area contributed by atoms with Crippen molar-refractivity contribution in [3.05, 3.63) is 100 Å². The first kappa shape index (κ1) is 21.5. The molecule has 4 aromatic rings. The number of amides is 2. The topological polar surface area (TPSA) is 83.7 Å². The molecule has 1 aliphatic heterocycles. The predicted molar refractivity (Wildman–Crippen MR) is 127 cm³/mol. The summed E-state index contributed by atoms with van der Waals surface area (Å²) in [5.41, 5.74) is 2.13. The molecule has 0 unspecified atom stereocenters. The number of nitrogens with zero attached hydrogens (tertiary/aromatic N) is 1. The molecule has 0 saturated heterocycles. The molecule has 5 rings (SSSR count). The number of H-pyrrole nitrogens is 1. The smallest absolute Gasteiger partial charge is 0.322 e. The highest BCUT2D eigenvalue weighted by atomic mass is 19.1. The van der Waals surface area contributed by atoms with Gasteiger partial charge in [-0.3, -0.25) is 4.79 Å². The first-order valence-electron chi connectivity index (χ1n) is 10.9. The van der Waals surface area contributed by atoms with Crippen LogP contribution in [0.2, 0.25) is 0 Å². The Kier molecular flexibility index (Phi) is 5.86. The van der Waals surface area contributed by atoms with E-state index in [4.69, 9.17) is 9.47 Å². The van der Waals surface area contributed by atoms with Gasteiger partial charge in [0.25, 0.3) is 5.56 Å². The van der Waals surface area contributed by atoms with E-state index in [1.165, 1.54) is 29.2 Å². The van der Waals surface area contributed by atoms with Gasteiger partial charge < -0.3 is 24.7 Å². The number of nitrogens with one attached hydrogen (secondary N) is 2. The Hall–Kier alpha value is -4.33. The molecular weight excluding hydrogens is 437 g/mol. The van der Waals surface area contributed by atoms with E-state index in [1.807, 2.05) is 36.4 Å². The van der Waals surface area contributed by atoms with Crippen LogP contribution in [0, 0.1) is 5.82 Å². The van der Waals surface area contributed by atoms with E-state index in [0.29, 0.717) is 41.5 Å². The van der Waals surface area contributed by atoms with Gasteiger partial charge in [0, 0.05) is 29.2 Å². The maximum absolute atomic E-state index is 13.3. The third-order valence-electron chi connectivity index (χ3n) is 5.54. The van der Waals surface area contributed by atoms with Crippen molar-refractivity contribution in [2.24, 2.45) is 0 Å². The van der Waals surface area contributed by atoms with Gasteiger partial charge in [-0.25, -0.2) is 9.18 Å². The fourth-order valence-electron chi connectivity index (χ4n) is 3.85. The number of benzene rings is 3. The molecule has 3 aromatic carbocycles. The van der Waals surface area contributed by atoms with Gasteiger partial charge in [0.2, 0.25) is 0 Å². The molecule has 0 spiro atoms. The fraction of sp³-hybridized carbons (Fsp3) is 0.154. The van der Waals surface area contributed by atoms with Crippen molar-refractivity contribution in [2.45, 2.75) is 13.1 Å². The number of aromatic amines is 1. The minimum absolute atomic E-state index is 0.0711. The van der Waals surface area contributed by atoms with E-state index in [2.05, 4.69) is 10.3 Å². The monoisotopic (exact) mass is 459 g/mol. The molecule has 34 heavy (non-hydrogen) atoms. The van der Waals surface area contributed by atoms with E-state index < -0.39 is 11.8 Å². The van der Waals surface area contributed by atoms with Crippen LogP contribution < -0.4 is 20.3 Å². The lowest BCUT2D eigenvalue weighted by Crippen LogP contribution is -2.35. The van der Waals surface area contributed by atoms with Crippen LogP contribution in [0.15, 0.2) is 77.6 Å². The number of rotatable bonds is 5. The zero-order valence-corrected chi connectivity index (χ0v) is 18.2. The van der Waals surface area contributed by atoms with E-state index in [1.54, 1.807) is 12.1 Å². The van der Waals surface area contributed by atoms with Crippen LogP contribution in [-0.4, -0.2) is 29.1 Å². The molecule has 172 valence electrons. The average Bonchev–Trinajstić information content (AvgIpc) is 2.85. The summed E-state index contributed by atoms with van der Waals surface area (Å²) in [4.78, 5) is 30.4. The molecule has 0 atom stereocenters. The second-order valence-corrected chi connectivity index (χ2v) is 7.99. The molecule has 1 aliphatic rings. The van der Waals surface area contributed by atoms with Gasteiger partial charge in [-0.2, -0.15) is 0 Å². The van der Waals surface area contributed by atoms with Gasteiger partial charge in [0.1, 0.15) is 19.0 Å². The molecule has 2 heterocycles. The highest BCUT2D eigenvalue weighted by Gasteiger charge is 2.19. The van der Waals surface area contributed by atoms with Crippen molar-refractivity contribution >= 4 is 22.6 Å². The number of ether oxygens (including phenoxy) is 2.